The van der Waals surface area contributed by atoms with Crippen molar-refractivity contribution in [1.82, 2.24) is 0 Å². The molecular formula is C12H14ClNO3. The Labute approximate surface area is 104 Å². The van der Waals surface area contributed by atoms with Gasteiger partial charge >= 0.3 is 5.97 Å². The van der Waals surface area contributed by atoms with Gasteiger partial charge in [-0.15, -0.1) is 0 Å². The van der Waals surface area contributed by atoms with Gasteiger partial charge in [0.05, 0.1) is 5.02 Å². The van der Waals surface area contributed by atoms with Crippen molar-refractivity contribution in [3.05, 3.63) is 28.3 Å². The van der Waals surface area contributed by atoms with E-state index in [0.717, 1.165) is 5.56 Å². The molecule has 1 aliphatic rings. The van der Waals surface area contributed by atoms with E-state index >= 15 is 0 Å². The van der Waals surface area contributed by atoms with Crippen LogP contribution in [0, 0.1) is 0 Å². The Hall–Kier alpha value is -1.26. The summed E-state index contributed by atoms with van der Waals surface area (Å²) in [6.07, 6.45) is 0.697. The Kier molecular flexibility index (Phi) is 2.79. The zero-order valence-corrected chi connectivity index (χ0v) is 10.4. The van der Waals surface area contributed by atoms with Crippen LogP contribution in [0.25, 0.3) is 0 Å². The molecule has 2 rings (SSSR count). The Morgan fingerprint density at radius 1 is 1.59 bits per heavy atom. The van der Waals surface area contributed by atoms with E-state index in [1.165, 1.54) is 0 Å². The first-order valence-electron chi connectivity index (χ1n) is 5.30. The molecule has 1 aromatic rings. The number of carboxylic acids is 1. The van der Waals surface area contributed by atoms with E-state index in [1.54, 1.807) is 12.1 Å². The van der Waals surface area contributed by atoms with Gasteiger partial charge in [0.15, 0.2) is 0 Å². The summed E-state index contributed by atoms with van der Waals surface area (Å²) in [6, 6.07) is 2.26. The highest BCUT2D eigenvalue weighted by atomic mass is 35.5. The number of aliphatic carboxylic acids is 1. The number of halogens is 1. The number of nitrogens with two attached hydrogens (primary N) is 1. The highest BCUT2D eigenvalue weighted by Gasteiger charge is 2.32. The van der Waals surface area contributed by atoms with E-state index in [-0.39, 0.29) is 5.60 Å². The number of hydrogen-bond acceptors (Lipinski definition) is 3. The fourth-order valence-corrected chi connectivity index (χ4v) is 2.30. The third kappa shape index (κ3) is 2.23. The van der Waals surface area contributed by atoms with E-state index in [1.807, 2.05) is 13.8 Å². The molecule has 0 amide bonds. The normalized spacial score (nSPS) is 18.4. The molecule has 0 fully saturated rings. The van der Waals surface area contributed by atoms with Crippen LogP contribution < -0.4 is 10.5 Å². The van der Waals surface area contributed by atoms with E-state index < -0.39 is 12.0 Å². The quantitative estimate of drug-likeness (QED) is 0.849. The maximum absolute atomic E-state index is 10.8. The molecule has 92 valence electrons. The predicted octanol–water partition coefficient (Wildman–Crippen LogP) is 2.14. The number of ether oxygens (including phenoxy) is 1. The van der Waals surface area contributed by atoms with Gasteiger partial charge in [-0.3, -0.25) is 4.79 Å². The molecule has 5 heteroatoms. The lowest BCUT2D eigenvalue weighted by Crippen LogP contribution is -2.24. The minimum absolute atomic E-state index is 0.308. The van der Waals surface area contributed by atoms with Crippen molar-refractivity contribution in [2.24, 2.45) is 5.73 Å². The topological polar surface area (TPSA) is 72.6 Å². The average Bonchev–Trinajstić information content (AvgIpc) is 2.51. The zero-order valence-electron chi connectivity index (χ0n) is 9.66. The molecule has 17 heavy (non-hydrogen) atoms. The Balaban J connectivity index is 2.44. The highest BCUT2D eigenvalue weighted by Crippen LogP contribution is 2.41. The van der Waals surface area contributed by atoms with E-state index in [0.29, 0.717) is 22.8 Å². The molecule has 0 radical (unpaired) electrons. The van der Waals surface area contributed by atoms with Gasteiger partial charge < -0.3 is 15.6 Å². The summed E-state index contributed by atoms with van der Waals surface area (Å²) in [7, 11) is 0. The van der Waals surface area contributed by atoms with Gasteiger partial charge in [-0.25, -0.2) is 0 Å². The maximum atomic E-state index is 10.8. The molecule has 4 nitrogen and oxygen atoms in total. The van der Waals surface area contributed by atoms with Gasteiger partial charge in [0.1, 0.15) is 17.4 Å². The van der Waals surface area contributed by atoms with Gasteiger partial charge in [-0.05, 0) is 37.1 Å². The average molecular weight is 256 g/mol. The summed E-state index contributed by atoms with van der Waals surface area (Å²) >= 11 is 6.08. The van der Waals surface area contributed by atoms with Gasteiger partial charge in [0.25, 0.3) is 0 Å². The van der Waals surface area contributed by atoms with Gasteiger partial charge in [0.2, 0.25) is 0 Å². The Bertz CT molecular complexity index is 485. The minimum Gasteiger partial charge on any atom is -0.486 e. The van der Waals surface area contributed by atoms with Crippen LogP contribution in [0.1, 0.15) is 31.0 Å². The van der Waals surface area contributed by atoms with E-state index in [9.17, 15) is 4.79 Å². The van der Waals surface area contributed by atoms with Crippen LogP contribution in [0.5, 0.6) is 5.75 Å². The monoisotopic (exact) mass is 255 g/mol. The third-order valence-electron chi connectivity index (χ3n) is 2.76. The number of rotatable bonds is 2. The second-order valence-electron chi connectivity index (χ2n) is 4.85. The summed E-state index contributed by atoms with van der Waals surface area (Å²) in [5, 5.41) is 9.29. The molecule has 0 spiro atoms. The van der Waals surface area contributed by atoms with Crippen LogP contribution in [0.4, 0.5) is 0 Å². The molecule has 3 N–H and O–H groups in total. The lowest BCUT2D eigenvalue weighted by atomic mass is 9.98. The second kappa shape index (κ2) is 3.89. The van der Waals surface area contributed by atoms with Crippen LogP contribution >= 0.6 is 11.6 Å². The number of fused-ring (bicyclic) bond motifs is 1. The lowest BCUT2D eigenvalue weighted by molar-refractivity contribution is -0.138. The molecule has 1 unspecified atom stereocenters. The first kappa shape index (κ1) is 12.2. The lowest BCUT2D eigenvalue weighted by Gasteiger charge is -2.17. The third-order valence-corrected chi connectivity index (χ3v) is 3.04. The molecule has 0 aromatic heterocycles. The molecule has 0 saturated carbocycles. The van der Waals surface area contributed by atoms with Crippen molar-refractivity contribution in [1.29, 1.82) is 0 Å². The standard InChI is InChI=1S/C12H14ClNO3/c1-12(2)5-7-3-6(9(14)11(15)16)4-8(13)10(7)17-12/h3-4,9H,5,14H2,1-2H3,(H,15,16). The van der Waals surface area contributed by atoms with Crippen molar-refractivity contribution < 1.29 is 14.6 Å². The van der Waals surface area contributed by atoms with Crippen LogP contribution in [-0.2, 0) is 11.2 Å². The van der Waals surface area contributed by atoms with Crippen molar-refractivity contribution >= 4 is 17.6 Å². The van der Waals surface area contributed by atoms with Crippen molar-refractivity contribution in [2.45, 2.75) is 31.9 Å². The molecule has 1 aromatic carbocycles. The first-order chi connectivity index (χ1) is 7.80. The molecule has 1 aliphatic heterocycles. The summed E-state index contributed by atoms with van der Waals surface area (Å²) in [6.45, 7) is 3.92. The SMILES string of the molecule is CC1(C)Cc2cc(C(N)C(=O)O)cc(Cl)c2O1. The Morgan fingerprint density at radius 3 is 2.82 bits per heavy atom. The molecule has 1 heterocycles. The molecule has 1 atom stereocenters. The largest absolute Gasteiger partial charge is 0.486 e. The minimum atomic E-state index is -1.07. The number of carboxylic acid groups (broad SMARTS) is 1. The zero-order chi connectivity index (χ0) is 12.8. The Morgan fingerprint density at radius 2 is 2.24 bits per heavy atom. The van der Waals surface area contributed by atoms with Gasteiger partial charge in [0, 0.05) is 6.42 Å². The summed E-state index contributed by atoms with van der Waals surface area (Å²) in [5.74, 6) is -0.433. The summed E-state index contributed by atoms with van der Waals surface area (Å²) < 4.78 is 5.70. The van der Waals surface area contributed by atoms with E-state index in [4.69, 9.17) is 27.2 Å². The second-order valence-corrected chi connectivity index (χ2v) is 5.25. The molecule has 0 aliphatic carbocycles. The summed E-state index contributed by atoms with van der Waals surface area (Å²) in [5.41, 5.74) is 6.68. The van der Waals surface area contributed by atoms with Crippen molar-refractivity contribution in [2.75, 3.05) is 0 Å². The van der Waals surface area contributed by atoms with Gasteiger partial charge in [-0.2, -0.15) is 0 Å². The fourth-order valence-electron chi connectivity index (χ4n) is 2.01. The van der Waals surface area contributed by atoms with Crippen molar-refractivity contribution in [3.63, 3.8) is 0 Å². The number of benzene rings is 1. The van der Waals surface area contributed by atoms with Crippen molar-refractivity contribution in [3.8, 4) is 5.75 Å². The molecular weight excluding hydrogens is 242 g/mol. The maximum Gasteiger partial charge on any atom is 0.325 e. The number of carbonyl (C=O) groups is 1. The predicted molar refractivity (Wildman–Crippen MR) is 64.4 cm³/mol. The smallest absolute Gasteiger partial charge is 0.325 e. The van der Waals surface area contributed by atoms with Crippen LogP contribution in [0.3, 0.4) is 0 Å². The van der Waals surface area contributed by atoms with Gasteiger partial charge in [-0.1, -0.05) is 11.6 Å². The number of hydrogen-bond donors (Lipinski definition) is 2. The molecule has 0 saturated heterocycles. The van der Waals surface area contributed by atoms with Crippen LogP contribution in [0.15, 0.2) is 12.1 Å². The molecule has 0 bridgehead atoms. The van der Waals surface area contributed by atoms with E-state index in [2.05, 4.69) is 0 Å². The summed E-state index contributed by atoms with van der Waals surface area (Å²) in [4.78, 5) is 10.8. The fraction of sp³-hybridized carbons (Fsp3) is 0.417. The van der Waals surface area contributed by atoms with Crippen LogP contribution in [0.2, 0.25) is 5.02 Å². The first-order valence-corrected chi connectivity index (χ1v) is 5.68. The van der Waals surface area contributed by atoms with Crippen LogP contribution in [-0.4, -0.2) is 16.7 Å². The highest BCUT2D eigenvalue weighted by molar-refractivity contribution is 6.32.